The summed E-state index contributed by atoms with van der Waals surface area (Å²) in [6.45, 7) is -0.366. The van der Waals surface area contributed by atoms with E-state index >= 15 is 0 Å². The molecule has 1 saturated heterocycles. The highest BCUT2D eigenvalue weighted by atomic mass is 35.5. The lowest BCUT2D eigenvalue weighted by Gasteiger charge is -2.36. The van der Waals surface area contributed by atoms with Crippen LogP contribution in [0, 0.1) is 5.82 Å². The smallest absolute Gasteiger partial charge is 0.240 e. The van der Waals surface area contributed by atoms with Gasteiger partial charge in [0.1, 0.15) is 5.82 Å². The number of halogens is 2. The number of hydrogen-bond donors (Lipinski definition) is 3. The Morgan fingerprint density at radius 3 is 2.38 bits per heavy atom. The van der Waals surface area contributed by atoms with Crippen LogP contribution in [0.15, 0.2) is 58.3 Å². The second kappa shape index (κ2) is 10.6. The maximum Gasteiger partial charge on any atom is 0.240 e. The fourth-order valence-corrected chi connectivity index (χ4v) is 6.13. The Labute approximate surface area is 191 Å². The molecular weight excluding hydrogens is 483 g/mol. The number of aliphatic hydroxyl groups excluding tert-OH is 1. The van der Waals surface area contributed by atoms with Crippen LogP contribution < -0.4 is 9.44 Å². The van der Waals surface area contributed by atoms with Gasteiger partial charge >= 0.3 is 0 Å². The van der Waals surface area contributed by atoms with Crippen molar-refractivity contribution in [1.82, 2.24) is 9.44 Å². The molecule has 1 aliphatic heterocycles. The normalized spacial score (nSPS) is 22.0. The van der Waals surface area contributed by atoms with E-state index in [1.54, 1.807) is 6.07 Å². The SMILES string of the molecule is O=S(=O)(NCC[C@H]1CC[C@@H](NS(=O)(=O)c2cccc(Cl)c2)[C@@H](CO)O1)c1cccc(F)c1. The van der Waals surface area contributed by atoms with Gasteiger partial charge in [-0.3, -0.25) is 0 Å². The van der Waals surface area contributed by atoms with Gasteiger partial charge in [0.25, 0.3) is 0 Å². The fourth-order valence-electron chi connectivity index (χ4n) is 3.45. The average Bonchev–Trinajstić information content (AvgIpc) is 2.74. The Balaban J connectivity index is 1.55. The molecule has 0 aliphatic carbocycles. The lowest BCUT2D eigenvalue weighted by atomic mass is 9.98. The van der Waals surface area contributed by atoms with E-state index in [1.165, 1.54) is 30.3 Å². The summed E-state index contributed by atoms with van der Waals surface area (Å²) in [7, 11) is -7.73. The summed E-state index contributed by atoms with van der Waals surface area (Å²) in [5, 5.41) is 9.98. The van der Waals surface area contributed by atoms with Gasteiger partial charge in [-0.2, -0.15) is 0 Å². The number of rotatable bonds is 9. The van der Waals surface area contributed by atoms with Crippen molar-refractivity contribution >= 4 is 31.6 Å². The number of benzene rings is 2. The molecule has 32 heavy (non-hydrogen) atoms. The largest absolute Gasteiger partial charge is 0.394 e. The van der Waals surface area contributed by atoms with Crippen molar-refractivity contribution in [1.29, 1.82) is 0 Å². The van der Waals surface area contributed by atoms with Crippen molar-refractivity contribution in [2.75, 3.05) is 13.2 Å². The molecule has 0 aromatic heterocycles. The zero-order chi connectivity index (χ0) is 23.4. The monoisotopic (exact) mass is 506 g/mol. The van der Waals surface area contributed by atoms with Gasteiger partial charge in [-0.15, -0.1) is 0 Å². The Morgan fingerprint density at radius 1 is 1.03 bits per heavy atom. The molecule has 0 amide bonds. The third kappa shape index (κ3) is 6.47. The molecule has 2 aromatic rings. The summed E-state index contributed by atoms with van der Waals surface area (Å²) < 4.78 is 73.8. The number of aliphatic hydroxyl groups is 1. The third-order valence-corrected chi connectivity index (χ3v) is 8.25. The summed E-state index contributed by atoms with van der Waals surface area (Å²) in [4.78, 5) is -0.165. The minimum atomic E-state index is -3.87. The van der Waals surface area contributed by atoms with Gasteiger partial charge in [0.05, 0.1) is 34.6 Å². The van der Waals surface area contributed by atoms with Crippen LogP contribution in [0.3, 0.4) is 0 Å². The first-order valence-electron chi connectivity index (χ1n) is 9.90. The molecule has 0 unspecified atom stereocenters. The highest BCUT2D eigenvalue weighted by Crippen LogP contribution is 2.24. The number of nitrogens with one attached hydrogen (secondary N) is 2. The molecule has 1 heterocycles. The van der Waals surface area contributed by atoms with E-state index in [0.29, 0.717) is 19.3 Å². The second-order valence-electron chi connectivity index (χ2n) is 7.39. The zero-order valence-corrected chi connectivity index (χ0v) is 19.3. The molecule has 12 heteroatoms. The Kier molecular flexibility index (Phi) is 8.26. The highest BCUT2D eigenvalue weighted by molar-refractivity contribution is 7.89. The average molecular weight is 507 g/mol. The molecule has 1 aliphatic rings. The van der Waals surface area contributed by atoms with Crippen LogP contribution in [-0.2, 0) is 24.8 Å². The van der Waals surface area contributed by atoms with E-state index < -0.39 is 44.6 Å². The Hall–Kier alpha value is -1.60. The second-order valence-corrected chi connectivity index (χ2v) is 11.3. The van der Waals surface area contributed by atoms with Crippen LogP contribution in [0.2, 0.25) is 5.02 Å². The van der Waals surface area contributed by atoms with E-state index in [4.69, 9.17) is 16.3 Å². The van der Waals surface area contributed by atoms with E-state index in [0.717, 1.165) is 12.1 Å². The minimum Gasteiger partial charge on any atom is -0.394 e. The van der Waals surface area contributed by atoms with E-state index in [1.807, 2.05) is 0 Å². The van der Waals surface area contributed by atoms with Crippen molar-refractivity contribution in [3.63, 3.8) is 0 Å². The third-order valence-electron chi connectivity index (χ3n) is 5.07. The summed E-state index contributed by atoms with van der Waals surface area (Å²) in [5.74, 6) is -0.652. The lowest BCUT2D eigenvalue weighted by Crippen LogP contribution is -2.51. The van der Waals surface area contributed by atoms with Crippen LogP contribution in [0.1, 0.15) is 19.3 Å². The van der Waals surface area contributed by atoms with Gasteiger partial charge in [0, 0.05) is 11.6 Å². The van der Waals surface area contributed by atoms with E-state index in [2.05, 4.69) is 9.44 Å². The molecule has 3 rings (SSSR count). The zero-order valence-electron chi connectivity index (χ0n) is 16.9. The standard InChI is InChI=1S/C20H24ClFN2O6S2/c21-14-3-1-5-17(11-14)32(28,29)24-19-8-7-16(30-20(19)13-25)9-10-23-31(26,27)18-6-2-4-15(22)12-18/h1-6,11-12,16,19-20,23-25H,7-10,13H2/t16-,19-,20-/m1/s1. The van der Waals surface area contributed by atoms with Gasteiger partial charge in [-0.25, -0.2) is 30.7 Å². The minimum absolute atomic E-state index is 0.00979. The van der Waals surface area contributed by atoms with Crippen molar-refractivity contribution in [2.24, 2.45) is 0 Å². The van der Waals surface area contributed by atoms with E-state index in [9.17, 15) is 26.3 Å². The van der Waals surface area contributed by atoms with Crippen molar-refractivity contribution < 1.29 is 31.1 Å². The van der Waals surface area contributed by atoms with E-state index in [-0.39, 0.29) is 27.5 Å². The quantitative estimate of drug-likeness (QED) is 0.478. The Morgan fingerprint density at radius 2 is 1.72 bits per heavy atom. The maximum atomic E-state index is 13.3. The fraction of sp³-hybridized carbons (Fsp3) is 0.400. The summed E-state index contributed by atoms with van der Waals surface area (Å²) in [6.07, 6.45) is -0.0108. The molecule has 0 spiro atoms. The topological polar surface area (TPSA) is 122 Å². The molecule has 0 saturated carbocycles. The van der Waals surface area contributed by atoms with Crippen molar-refractivity contribution in [3.05, 3.63) is 59.4 Å². The number of hydrogen-bond acceptors (Lipinski definition) is 6. The number of sulfonamides is 2. The van der Waals surface area contributed by atoms with Gasteiger partial charge in [0.2, 0.25) is 20.0 Å². The molecule has 3 N–H and O–H groups in total. The maximum absolute atomic E-state index is 13.3. The van der Waals surface area contributed by atoms with Gasteiger partial charge in [-0.05, 0) is 55.7 Å². The summed E-state index contributed by atoms with van der Waals surface area (Å²) in [5.41, 5.74) is 0. The first kappa shape index (κ1) is 25.0. The molecule has 3 atom stereocenters. The molecule has 176 valence electrons. The van der Waals surface area contributed by atoms with Crippen LogP contribution in [0.25, 0.3) is 0 Å². The van der Waals surface area contributed by atoms with Gasteiger partial charge in [0.15, 0.2) is 0 Å². The van der Waals surface area contributed by atoms with Crippen LogP contribution in [-0.4, -0.2) is 53.3 Å². The first-order valence-corrected chi connectivity index (χ1v) is 13.2. The number of ether oxygens (including phenoxy) is 1. The van der Waals surface area contributed by atoms with Gasteiger partial charge < -0.3 is 9.84 Å². The predicted octanol–water partition coefficient (Wildman–Crippen LogP) is 2.03. The molecule has 8 nitrogen and oxygen atoms in total. The van der Waals surface area contributed by atoms with Crippen LogP contribution >= 0.6 is 11.6 Å². The lowest BCUT2D eigenvalue weighted by molar-refractivity contribution is -0.0869. The highest BCUT2D eigenvalue weighted by Gasteiger charge is 2.34. The first-order chi connectivity index (χ1) is 15.1. The molecule has 0 radical (unpaired) electrons. The van der Waals surface area contributed by atoms with Crippen LogP contribution in [0.4, 0.5) is 4.39 Å². The van der Waals surface area contributed by atoms with Gasteiger partial charge in [-0.1, -0.05) is 23.7 Å². The molecule has 2 aromatic carbocycles. The Bertz CT molecular complexity index is 1150. The molecular formula is C20H24ClFN2O6S2. The van der Waals surface area contributed by atoms with Crippen LogP contribution in [0.5, 0.6) is 0 Å². The molecule has 0 bridgehead atoms. The van der Waals surface area contributed by atoms with Crippen molar-refractivity contribution in [3.8, 4) is 0 Å². The summed E-state index contributed by atoms with van der Waals surface area (Å²) in [6, 6.07) is 9.87. The van der Waals surface area contributed by atoms with Crippen molar-refractivity contribution in [2.45, 2.75) is 47.3 Å². The molecule has 1 fully saturated rings. The summed E-state index contributed by atoms with van der Waals surface area (Å²) >= 11 is 5.87. The predicted molar refractivity (Wildman–Crippen MR) is 117 cm³/mol.